The maximum absolute atomic E-state index is 13.1. The van der Waals surface area contributed by atoms with Gasteiger partial charge in [0, 0.05) is 35.0 Å². The number of nitrogens with one attached hydrogen (secondary N) is 1. The highest BCUT2D eigenvalue weighted by Crippen LogP contribution is 2.48. The number of carbonyl (C=O) groups excluding carboxylic acids is 1. The lowest BCUT2D eigenvalue weighted by Crippen LogP contribution is -2.52. The Morgan fingerprint density at radius 3 is 2.77 bits per heavy atom. The van der Waals surface area contributed by atoms with Crippen LogP contribution in [0.5, 0.6) is 5.75 Å². The molecule has 5 rings (SSSR count). The summed E-state index contributed by atoms with van der Waals surface area (Å²) >= 11 is 6.39. The maximum Gasteiger partial charge on any atom is 0.264 e. The zero-order valence-electron chi connectivity index (χ0n) is 25.1. The third-order valence-corrected chi connectivity index (χ3v) is 11.4. The van der Waals surface area contributed by atoms with Gasteiger partial charge in [-0.25, -0.2) is 13.1 Å². The molecule has 0 unspecified atom stereocenters. The van der Waals surface area contributed by atoms with Crippen molar-refractivity contribution in [2.45, 2.75) is 75.6 Å². The number of anilines is 1. The zero-order valence-corrected chi connectivity index (χ0v) is 26.7. The molecule has 0 radical (unpaired) electrons. The van der Waals surface area contributed by atoms with Crippen molar-refractivity contribution in [2.24, 2.45) is 11.8 Å². The van der Waals surface area contributed by atoms with Crippen LogP contribution >= 0.6 is 11.6 Å². The van der Waals surface area contributed by atoms with Gasteiger partial charge in [-0.1, -0.05) is 36.6 Å². The number of nitrogens with zero attached hydrogens (tertiary/aromatic N) is 1. The summed E-state index contributed by atoms with van der Waals surface area (Å²) < 4.78 is 33.7. The lowest BCUT2D eigenvalue weighted by atomic mass is 9.64. The Bertz CT molecular complexity index is 1560. The number of aryl methyl sites for hydroxylation is 1. The minimum absolute atomic E-state index is 0.107. The van der Waals surface area contributed by atoms with E-state index in [1.165, 1.54) is 25.0 Å². The van der Waals surface area contributed by atoms with Crippen molar-refractivity contribution in [3.8, 4) is 18.1 Å². The summed E-state index contributed by atoms with van der Waals surface area (Å²) in [5, 5.41) is 11.4. The van der Waals surface area contributed by atoms with Gasteiger partial charge in [0.05, 0.1) is 17.5 Å². The number of ether oxygens (including phenoxy) is 1. The average Bonchev–Trinajstić information content (AvgIpc) is 3.10. The first-order valence-corrected chi connectivity index (χ1v) is 17.1. The van der Waals surface area contributed by atoms with E-state index in [0.29, 0.717) is 30.5 Å². The van der Waals surface area contributed by atoms with Gasteiger partial charge in [0.2, 0.25) is 10.0 Å². The van der Waals surface area contributed by atoms with Crippen LogP contribution in [0.3, 0.4) is 0 Å². The Kier molecular flexibility index (Phi) is 8.91. The molecule has 2 aliphatic carbocycles. The van der Waals surface area contributed by atoms with Crippen LogP contribution in [-0.2, 0) is 21.9 Å². The van der Waals surface area contributed by atoms with E-state index in [2.05, 4.69) is 21.6 Å². The molecule has 4 atom stereocenters. The second-order valence-electron chi connectivity index (χ2n) is 12.5. The first-order valence-electron chi connectivity index (χ1n) is 15.2. The van der Waals surface area contributed by atoms with E-state index in [9.17, 15) is 18.3 Å². The van der Waals surface area contributed by atoms with Crippen molar-refractivity contribution >= 4 is 33.2 Å². The molecule has 1 fully saturated rings. The molecule has 2 N–H and O–H groups in total. The number of terminal acetylenes is 1. The Morgan fingerprint density at radius 1 is 1.30 bits per heavy atom. The number of allylic oxidation sites excluding steroid dienone is 1. The number of benzene rings is 2. The van der Waals surface area contributed by atoms with Gasteiger partial charge in [-0.2, -0.15) is 0 Å². The fourth-order valence-electron chi connectivity index (χ4n) is 6.79. The van der Waals surface area contributed by atoms with E-state index < -0.39 is 26.8 Å². The molecule has 1 amide bonds. The summed E-state index contributed by atoms with van der Waals surface area (Å²) in [4.78, 5) is 15.4. The molecule has 1 heterocycles. The summed E-state index contributed by atoms with van der Waals surface area (Å²) in [6, 6.07) is 11.2. The van der Waals surface area contributed by atoms with Gasteiger partial charge in [0.15, 0.2) is 0 Å². The third-order valence-electron chi connectivity index (χ3n) is 9.43. The second-order valence-corrected chi connectivity index (χ2v) is 15.2. The minimum atomic E-state index is -3.80. The molecule has 1 spiro atoms. The summed E-state index contributed by atoms with van der Waals surface area (Å²) in [7, 11) is -3.80. The van der Waals surface area contributed by atoms with Crippen LogP contribution in [0.15, 0.2) is 48.6 Å². The number of amides is 1. The Balaban J connectivity index is 1.54. The van der Waals surface area contributed by atoms with Gasteiger partial charge in [0.25, 0.3) is 5.91 Å². The van der Waals surface area contributed by atoms with Gasteiger partial charge < -0.3 is 14.7 Å². The Labute approximate surface area is 260 Å². The molecule has 3 aliphatic rings. The van der Waals surface area contributed by atoms with E-state index in [1.807, 2.05) is 25.1 Å². The van der Waals surface area contributed by atoms with Gasteiger partial charge in [-0.05, 0) is 106 Å². The highest BCUT2D eigenvalue weighted by atomic mass is 35.5. The van der Waals surface area contributed by atoms with Crippen LogP contribution in [0, 0.1) is 24.2 Å². The molecule has 1 aliphatic heterocycles. The van der Waals surface area contributed by atoms with E-state index in [4.69, 9.17) is 22.8 Å². The van der Waals surface area contributed by atoms with E-state index >= 15 is 0 Å². The topological polar surface area (TPSA) is 95.9 Å². The normalized spacial score (nSPS) is 24.7. The first kappa shape index (κ1) is 31.4. The second kappa shape index (κ2) is 12.2. The number of rotatable bonds is 8. The largest absolute Gasteiger partial charge is 0.490 e. The third kappa shape index (κ3) is 6.18. The van der Waals surface area contributed by atoms with Gasteiger partial charge >= 0.3 is 0 Å². The highest BCUT2D eigenvalue weighted by Gasteiger charge is 2.47. The summed E-state index contributed by atoms with van der Waals surface area (Å²) in [5.41, 5.74) is 1.76. The SMILES string of the molecule is C#C[C@@](O)(/C=C/CC)[C@@H]1CC[C@H]1CN1C[C@@]2(CCCc3cc(Cl)ccc32)COc2ccc(C(=O)NS(=O)(=O)C(C)C)cc21. The average molecular weight is 625 g/mol. The number of sulfonamides is 1. The predicted octanol–water partition coefficient (Wildman–Crippen LogP) is 5.64. The number of hydrogen-bond acceptors (Lipinski definition) is 6. The molecular formula is C34H41ClN2O5S. The lowest BCUT2D eigenvalue weighted by molar-refractivity contribution is -0.00303. The van der Waals surface area contributed by atoms with E-state index in [1.54, 1.807) is 24.3 Å². The smallest absolute Gasteiger partial charge is 0.264 e. The number of fused-ring (bicyclic) bond motifs is 3. The standard InChI is InChI=1S/C34H41ClN2O5S/c1-5-7-17-34(39,6-2)29-13-10-26(29)20-37-21-33(16-8-9-24-18-27(35)12-14-28(24)33)22-42-31-15-11-25(19-30(31)37)32(38)36-43(40,41)23(3)4/h2,7,11-12,14-15,17-19,23,26,29,39H,5,8-10,13,16,20-22H2,1,3-4H3,(H,36,38)/b17-7+/t26-,29+,33-,34+/m0/s1. The monoisotopic (exact) mass is 624 g/mol. The number of carbonyl (C=O) groups is 1. The van der Waals surface area contributed by atoms with Crippen LogP contribution in [0.4, 0.5) is 5.69 Å². The van der Waals surface area contributed by atoms with Crippen molar-refractivity contribution in [2.75, 3.05) is 24.6 Å². The van der Waals surface area contributed by atoms with Gasteiger partial charge in [0.1, 0.15) is 11.4 Å². The molecule has 0 aromatic heterocycles. The first-order chi connectivity index (χ1) is 20.4. The Morgan fingerprint density at radius 2 is 2.09 bits per heavy atom. The molecule has 9 heteroatoms. The van der Waals surface area contributed by atoms with E-state index in [-0.39, 0.29) is 22.8 Å². The van der Waals surface area contributed by atoms with Crippen LogP contribution in [0.2, 0.25) is 5.02 Å². The van der Waals surface area contributed by atoms with E-state index in [0.717, 1.165) is 44.2 Å². The minimum Gasteiger partial charge on any atom is -0.490 e. The Hall–Kier alpha value is -2.99. The molecule has 43 heavy (non-hydrogen) atoms. The fourth-order valence-corrected chi connectivity index (χ4v) is 7.59. The number of halogens is 1. The van der Waals surface area contributed by atoms with Crippen molar-refractivity contribution in [3.05, 3.63) is 70.3 Å². The lowest BCUT2D eigenvalue weighted by Gasteiger charge is -2.47. The van der Waals surface area contributed by atoms with Crippen molar-refractivity contribution in [3.63, 3.8) is 0 Å². The summed E-state index contributed by atoms with van der Waals surface area (Å²) in [6.45, 7) is 6.75. The maximum atomic E-state index is 13.1. The van der Waals surface area contributed by atoms with Gasteiger partial charge in [-0.15, -0.1) is 6.42 Å². The fraction of sp³-hybridized carbons (Fsp3) is 0.500. The number of aliphatic hydroxyl groups is 1. The van der Waals surface area contributed by atoms with Crippen molar-refractivity contribution < 1.29 is 23.1 Å². The quantitative estimate of drug-likeness (QED) is 0.292. The van der Waals surface area contributed by atoms with Crippen LogP contribution in [0.1, 0.15) is 74.4 Å². The van der Waals surface area contributed by atoms with Crippen molar-refractivity contribution in [1.82, 2.24) is 4.72 Å². The van der Waals surface area contributed by atoms with Crippen molar-refractivity contribution in [1.29, 1.82) is 0 Å². The molecule has 1 saturated carbocycles. The molecule has 2 aromatic rings. The van der Waals surface area contributed by atoms with Crippen LogP contribution < -0.4 is 14.4 Å². The molecular weight excluding hydrogens is 584 g/mol. The molecule has 0 saturated heterocycles. The van der Waals surface area contributed by atoms with Crippen LogP contribution in [0.25, 0.3) is 0 Å². The summed E-state index contributed by atoms with van der Waals surface area (Å²) in [6.07, 6.45) is 14.9. The van der Waals surface area contributed by atoms with Gasteiger partial charge in [-0.3, -0.25) is 4.79 Å². The predicted molar refractivity (Wildman–Crippen MR) is 171 cm³/mol. The molecule has 230 valence electrons. The summed E-state index contributed by atoms with van der Waals surface area (Å²) in [5.74, 6) is 2.60. The highest BCUT2D eigenvalue weighted by molar-refractivity contribution is 7.90. The van der Waals surface area contributed by atoms with Crippen LogP contribution in [-0.4, -0.2) is 50.0 Å². The molecule has 2 aromatic carbocycles. The number of hydrogen-bond donors (Lipinski definition) is 2. The molecule has 7 nitrogen and oxygen atoms in total. The zero-order chi connectivity index (χ0) is 31.0. The molecule has 0 bridgehead atoms.